The lowest BCUT2D eigenvalue weighted by Gasteiger charge is -2.05. The number of fused-ring (bicyclic) bond motifs is 1. The van der Waals surface area contributed by atoms with Gasteiger partial charge >= 0.3 is 0 Å². The third-order valence-electron chi connectivity index (χ3n) is 3.37. The zero-order valence-corrected chi connectivity index (χ0v) is 10.5. The van der Waals surface area contributed by atoms with Crippen molar-refractivity contribution in [2.24, 2.45) is 0 Å². The molecule has 0 saturated heterocycles. The number of benzene rings is 1. The van der Waals surface area contributed by atoms with Crippen molar-refractivity contribution in [2.75, 3.05) is 0 Å². The van der Waals surface area contributed by atoms with Crippen LogP contribution >= 0.6 is 0 Å². The van der Waals surface area contributed by atoms with E-state index in [4.69, 9.17) is 0 Å². The van der Waals surface area contributed by atoms with Crippen molar-refractivity contribution in [1.29, 1.82) is 0 Å². The molecule has 0 aliphatic heterocycles. The highest BCUT2D eigenvalue weighted by atomic mass is 15.0. The van der Waals surface area contributed by atoms with Gasteiger partial charge in [-0.15, -0.1) is 0 Å². The van der Waals surface area contributed by atoms with Crippen LogP contribution < -0.4 is 0 Å². The molecule has 0 atom stereocenters. The maximum Gasteiger partial charge on any atom is 0.110 e. The van der Waals surface area contributed by atoms with E-state index in [9.17, 15) is 0 Å². The van der Waals surface area contributed by atoms with Crippen LogP contribution in [0.4, 0.5) is 0 Å². The van der Waals surface area contributed by atoms with Crippen LogP contribution in [0.2, 0.25) is 0 Å². The summed E-state index contributed by atoms with van der Waals surface area (Å²) in [6.45, 7) is 2.04. The Morgan fingerprint density at radius 1 is 1.00 bits per heavy atom. The molecule has 0 N–H and O–H groups in total. The van der Waals surface area contributed by atoms with Gasteiger partial charge in [-0.05, 0) is 37.0 Å². The van der Waals surface area contributed by atoms with Gasteiger partial charge in [0.05, 0.1) is 11.7 Å². The van der Waals surface area contributed by atoms with E-state index in [0.29, 0.717) is 0 Å². The molecule has 3 rings (SSSR count). The maximum atomic E-state index is 4.37. The number of imidazole rings is 1. The van der Waals surface area contributed by atoms with Gasteiger partial charge < -0.3 is 4.40 Å². The highest BCUT2D eigenvalue weighted by molar-refractivity contribution is 5.54. The molecule has 0 aliphatic carbocycles. The van der Waals surface area contributed by atoms with E-state index >= 15 is 0 Å². The highest BCUT2D eigenvalue weighted by Gasteiger charge is 2.04. The summed E-state index contributed by atoms with van der Waals surface area (Å²) in [6.07, 6.45) is 6.17. The fourth-order valence-corrected chi connectivity index (χ4v) is 2.34. The topological polar surface area (TPSA) is 17.3 Å². The van der Waals surface area contributed by atoms with Crippen LogP contribution in [-0.2, 0) is 12.8 Å². The van der Waals surface area contributed by atoms with Crippen molar-refractivity contribution in [2.45, 2.75) is 19.8 Å². The van der Waals surface area contributed by atoms with Crippen molar-refractivity contribution in [1.82, 2.24) is 9.38 Å². The molecule has 0 aliphatic rings. The lowest BCUT2D eigenvalue weighted by molar-refractivity contribution is 0.950. The number of pyridine rings is 1. The summed E-state index contributed by atoms with van der Waals surface area (Å²) < 4.78 is 2.15. The van der Waals surface area contributed by atoms with Gasteiger partial charge in [-0.2, -0.15) is 0 Å². The summed E-state index contributed by atoms with van der Waals surface area (Å²) in [7, 11) is 0. The fourth-order valence-electron chi connectivity index (χ4n) is 2.34. The van der Waals surface area contributed by atoms with E-state index < -0.39 is 0 Å². The molecule has 2 nitrogen and oxygen atoms in total. The standard InChI is InChI=1S/C16H16N2/c1-13-17-12-16-15(8-5-11-18(13)16)10-9-14-6-3-2-4-7-14/h2-8,11-12H,9-10H2,1H3. The van der Waals surface area contributed by atoms with E-state index in [2.05, 4.69) is 58.0 Å². The van der Waals surface area contributed by atoms with E-state index in [-0.39, 0.29) is 0 Å². The Labute approximate surface area is 107 Å². The van der Waals surface area contributed by atoms with E-state index in [1.165, 1.54) is 16.6 Å². The smallest absolute Gasteiger partial charge is 0.110 e. The third kappa shape index (κ3) is 2.02. The second-order valence-electron chi connectivity index (χ2n) is 4.58. The molecule has 0 radical (unpaired) electrons. The predicted octanol–water partition coefficient (Wildman–Crippen LogP) is 3.43. The Bertz CT molecular complexity index is 653. The molecule has 1 aromatic carbocycles. The van der Waals surface area contributed by atoms with Gasteiger partial charge in [0.15, 0.2) is 0 Å². The summed E-state index contributed by atoms with van der Waals surface area (Å²) in [4.78, 5) is 4.37. The number of rotatable bonds is 3. The van der Waals surface area contributed by atoms with Gasteiger partial charge in [0.25, 0.3) is 0 Å². The van der Waals surface area contributed by atoms with Crippen molar-refractivity contribution >= 4 is 5.52 Å². The summed E-state index contributed by atoms with van der Waals surface area (Å²) in [5.41, 5.74) is 3.98. The molecule has 90 valence electrons. The third-order valence-corrected chi connectivity index (χ3v) is 3.37. The number of hydrogen-bond donors (Lipinski definition) is 0. The van der Waals surface area contributed by atoms with Crippen molar-refractivity contribution in [3.05, 3.63) is 71.8 Å². The second-order valence-corrected chi connectivity index (χ2v) is 4.58. The van der Waals surface area contributed by atoms with Crippen LogP contribution in [0.25, 0.3) is 5.52 Å². The minimum absolute atomic E-state index is 1.05. The number of aryl methyl sites for hydroxylation is 3. The normalized spacial score (nSPS) is 10.9. The van der Waals surface area contributed by atoms with Gasteiger partial charge in [-0.3, -0.25) is 0 Å². The van der Waals surface area contributed by atoms with E-state index in [1.54, 1.807) is 0 Å². The van der Waals surface area contributed by atoms with Gasteiger partial charge in [0.1, 0.15) is 5.82 Å². The molecule has 18 heavy (non-hydrogen) atoms. The number of aromatic nitrogens is 2. The molecule has 2 aromatic heterocycles. The SMILES string of the molecule is Cc1ncc2c(CCc3ccccc3)cccn12. The van der Waals surface area contributed by atoms with Crippen molar-refractivity contribution < 1.29 is 0 Å². The van der Waals surface area contributed by atoms with Gasteiger partial charge in [-0.1, -0.05) is 36.4 Å². The molecule has 0 spiro atoms. The van der Waals surface area contributed by atoms with Crippen molar-refractivity contribution in [3.63, 3.8) is 0 Å². The summed E-state index contributed by atoms with van der Waals surface area (Å²) in [5, 5.41) is 0. The van der Waals surface area contributed by atoms with Crippen LogP contribution in [0.3, 0.4) is 0 Å². The number of hydrogen-bond acceptors (Lipinski definition) is 1. The summed E-state index contributed by atoms with van der Waals surface area (Å²) in [5.74, 6) is 1.05. The average Bonchev–Trinajstić information content (AvgIpc) is 2.80. The second kappa shape index (κ2) is 4.65. The van der Waals surface area contributed by atoms with Crippen LogP contribution in [-0.4, -0.2) is 9.38 Å². The monoisotopic (exact) mass is 236 g/mol. The Hall–Kier alpha value is -2.09. The fraction of sp³-hybridized carbons (Fsp3) is 0.188. The predicted molar refractivity (Wildman–Crippen MR) is 73.8 cm³/mol. The summed E-state index contributed by atoms with van der Waals surface area (Å²) >= 11 is 0. The van der Waals surface area contributed by atoms with Gasteiger partial charge in [-0.25, -0.2) is 4.98 Å². The molecule has 2 heterocycles. The molecule has 0 bridgehead atoms. The number of nitrogens with zero attached hydrogens (tertiary/aromatic N) is 2. The molecule has 2 heteroatoms. The van der Waals surface area contributed by atoms with Gasteiger partial charge in [0.2, 0.25) is 0 Å². The average molecular weight is 236 g/mol. The molecule has 0 fully saturated rings. The molecule has 0 amide bonds. The Morgan fingerprint density at radius 3 is 2.67 bits per heavy atom. The first-order chi connectivity index (χ1) is 8.84. The molecule has 3 aromatic rings. The van der Waals surface area contributed by atoms with E-state index in [0.717, 1.165) is 18.7 Å². The first-order valence-corrected chi connectivity index (χ1v) is 6.30. The lowest BCUT2D eigenvalue weighted by Crippen LogP contribution is -1.95. The van der Waals surface area contributed by atoms with Crippen LogP contribution in [0.1, 0.15) is 17.0 Å². The quantitative estimate of drug-likeness (QED) is 0.681. The first-order valence-electron chi connectivity index (χ1n) is 6.30. The Morgan fingerprint density at radius 2 is 1.83 bits per heavy atom. The lowest BCUT2D eigenvalue weighted by atomic mass is 10.0. The summed E-state index contributed by atoms with van der Waals surface area (Å²) in [6, 6.07) is 14.9. The van der Waals surface area contributed by atoms with Crippen LogP contribution in [0.15, 0.2) is 54.9 Å². The largest absolute Gasteiger partial charge is 0.304 e. The Balaban J connectivity index is 1.87. The first kappa shape index (κ1) is 11.0. The van der Waals surface area contributed by atoms with Gasteiger partial charge in [0, 0.05) is 6.20 Å². The molecule has 0 saturated carbocycles. The zero-order valence-electron chi connectivity index (χ0n) is 10.5. The molecular weight excluding hydrogens is 220 g/mol. The molecule has 0 unspecified atom stereocenters. The molecular formula is C16H16N2. The minimum atomic E-state index is 1.05. The maximum absolute atomic E-state index is 4.37. The minimum Gasteiger partial charge on any atom is -0.304 e. The van der Waals surface area contributed by atoms with Crippen LogP contribution in [0.5, 0.6) is 0 Å². The van der Waals surface area contributed by atoms with E-state index in [1.807, 2.05) is 13.1 Å². The zero-order chi connectivity index (χ0) is 12.4. The Kier molecular flexibility index (Phi) is 2.85. The van der Waals surface area contributed by atoms with Crippen molar-refractivity contribution in [3.8, 4) is 0 Å². The highest BCUT2D eigenvalue weighted by Crippen LogP contribution is 2.15. The van der Waals surface area contributed by atoms with Crippen LogP contribution in [0, 0.1) is 6.92 Å².